The first-order valence-electron chi connectivity index (χ1n) is 8.24. The van der Waals surface area contributed by atoms with Crippen molar-refractivity contribution in [1.29, 1.82) is 0 Å². The molecular weight excluding hydrogens is 370 g/mol. The highest BCUT2D eigenvalue weighted by Gasteiger charge is 2.16. The van der Waals surface area contributed by atoms with E-state index in [2.05, 4.69) is 16.0 Å². The number of amides is 3. The fourth-order valence-corrected chi connectivity index (χ4v) is 2.35. The predicted molar refractivity (Wildman–Crippen MR) is 104 cm³/mol. The zero-order valence-electron chi connectivity index (χ0n) is 14.9. The lowest BCUT2D eigenvalue weighted by Crippen LogP contribution is -2.34. The second-order valence-corrected chi connectivity index (χ2v) is 6.37. The number of carbonyl (C=O) groups excluding carboxylic acids is 3. The van der Waals surface area contributed by atoms with Gasteiger partial charge in [-0.15, -0.1) is 0 Å². The summed E-state index contributed by atoms with van der Waals surface area (Å²) < 4.78 is 5.04. The van der Waals surface area contributed by atoms with Crippen LogP contribution in [0.5, 0.6) is 0 Å². The van der Waals surface area contributed by atoms with Crippen molar-refractivity contribution in [2.75, 3.05) is 17.2 Å². The minimum Gasteiger partial charge on any atom is -0.452 e. The molecule has 0 unspecified atom stereocenters. The van der Waals surface area contributed by atoms with Crippen molar-refractivity contribution < 1.29 is 19.1 Å². The maximum absolute atomic E-state index is 12.3. The Labute approximate surface area is 162 Å². The number of nitrogens with one attached hydrogen (secondary N) is 3. The Bertz CT molecular complexity index is 839. The van der Waals surface area contributed by atoms with Crippen molar-refractivity contribution >= 4 is 40.9 Å². The topological polar surface area (TPSA) is 96.5 Å². The second-order valence-electron chi connectivity index (χ2n) is 5.93. The highest BCUT2D eigenvalue weighted by atomic mass is 35.5. The molecule has 2 rings (SSSR count). The molecule has 0 aliphatic carbocycles. The van der Waals surface area contributed by atoms with Crippen LogP contribution in [-0.2, 0) is 9.53 Å². The number of urea groups is 1. The quantitative estimate of drug-likeness (QED) is 0.657. The van der Waals surface area contributed by atoms with Crippen LogP contribution >= 0.6 is 11.6 Å². The van der Waals surface area contributed by atoms with Gasteiger partial charge < -0.3 is 20.7 Å². The van der Waals surface area contributed by atoms with Gasteiger partial charge in [-0.2, -0.15) is 0 Å². The van der Waals surface area contributed by atoms with Gasteiger partial charge in [0.2, 0.25) is 0 Å². The number of hydrogen-bond donors (Lipinski definition) is 3. The first-order chi connectivity index (χ1) is 12.8. The third-order valence-electron chi connectivity index (χ3n) is 3.26. The minimum absolute atomic E-state index is 0.0562. The molecule has 27 heavy (non-hydrogen) atoms. The molecule has 0 aliphatic rings. The maximum Gasteiger partial charge on any atom is 0.340 e. The Kier molecular flexibility index (Phi) is 7.19. The van der Waals surface area contributed by atoms with Crippen LogP contribution in [0.15, 0.2) is 48.5 Å². The number of esters is 1. The number of ether oxygens (including phenoxy) is 1. The average Bonchev–Trinajstić information content (AvgIpc) is 2.59. The molecular formula is C19H20ClN3O4. The van der Waals surface area contributed by atoms with Gasteiger partial charge in [-0.25, -0.2) is 9.59 Å². The van der Waals surface area contributed by atoms with Crippen LogP contribution in [0.3, 0.4) is 0 Å². The fraction of sp³-hybridized carbons (Fsp3) is 0.211. The van der Waals surface area contributed by atoms with E-state index in [9.17, 15) is 14.4 Å². The average molecular weight is 390 g/mol. The summed E-state index contributed by atoms with van der Waals surface area (Å²) >= 11 is 5.85. The van der Waals surface area contributed by atoms with Gasteiger partial charge in [-0.1, -0.05) is 29.8 Å². The highest BCUT2D eigenvalue weighted by molar-refractivity contribution is 6.30. The molecule has 2 aromatic carbocycles. The molecule has 8 heteroatoms. The minimum atomic E-state index is -0.725. The van der Waals surface area contributed by atoms with Gasteiger partial charge in [-0.3, -0.25) is 4.79 Å². The molecule has 0 fully saturated rings. The molecule has 0 spiro atoms. The molecule has 3 amide bonds. The highest BCUT2D eigenvalue weighted by Crippen LogP contribution is 2.17. The summed E-state index contributed by atoms with van der Waals surface area (Å²) in [5.74, 6) is -1.23. The predicted octanol–water partition coefficient (Wildman–Crippen LogP) is 3.67. The van der Waals surface area contributed by atoms with E-state index >= 15 is 0 Å². The number of hydrogen-bond acceptors (Lipinski definition) is 4. The van der Waals surface area contributed by atoms with Gasteiger partial charge >= 0.3 is 12.0 Å². The van der Waals surface area contributed by atoms with Crippen LogP contribution in [0.4, 0.5) is 16.2 Å². The number of rotatable bonds is 6. The van der Waals surface area contributed by atoms with Crippen LogP contribution < -0.4 is 16.0 Å². The Morgan fingerprint density at radius 3 is 2.48 bits per heavy atom. The van der Waals surface area contributed by atoms with Crippen molar-refractivity contribution in [2.45, 2.75) is 19.9 Å². The normalized spacial score (nSPS) is 10.2. The largest absolute Gasteiger partial charge is 0.452 e. The van der Waals surface area contributed by atoms with Crippen molar-refractivity contribution in [3.05, 3.63) is 59.1 Å². The molecule has 0 atom stereocenters. The van der Waals surface area contributed by atoms with Crippen LogP contribution in [-0.4, -0.2) is 30.6 Å². The molecule has 0 heterocycles. The zero-order chi connectivity index (χ0) is 19.8. The van der Waals surface area contributed by atoms with E-state index < -0.39 is 24.5 Å². The van der Waals surface area contributed by atoms with Crippen LogP contribution in [0.2, 0.25) is 5.02 Å². The number of benzene rings is 2. The monoisotopic (exact) mass is 389 g/mol. The smallest absolute Gasteiger partial charge is 0.340 e. The van der Waals surface area contributed by atoms with E-state index in [-0.39, 0.29) is 17.3 Å². The standard InChI is InChI=1S/C19H20ClN3O4/c1-12(2)21-19(26)23-16-9-4-3-8-15(16)18(25)27-11-17(24)22-14-7-5-6-13(20)10-14/h3-10,12H,11H2,1-2H3,(H,22,24)(H2,21,23,26). The summed E-state index contributed by atoms with van der Waals surface area (Å²) in [4.78, 5) is 36.1. The Balaban J connectivity index is 1.95. The first kappa shape index (κ1) is 20.3. The van der Waals surface area contributed by atoms with E-state index in [1.54, 1.807) is 42.5 Å². The Morgan fingerprint density at radius 1 is 1.04 bits per heavy atom. The summed E-state index contributed by atoms with van der Waals surface area (Å²) in [7, 11) is 0. The zero-order valence-corrected chi connectivity index (χ0v) is 15.7. The SMILES string of the molecule is CC(C)NC(=O)Nc1ccccc1C(=O)OCC(=O)Nc1cccc(Cl)c1. The number of anilines is 2. The fourth-order valence-electron chi connectivity index (χ4n) is 2.16. The van der Waals surface area contributed by atoms with Gasteiger partial charge in [-0.05, 0) is 44.2 Å². The van der Waals surface area contributed by atoms with Gasteiger partial charge in [0, 0.05) is 16.8 Å². The van der Waals surface area contributed by atoms with Gasteiger partial charge in [0.25, 0.3) is 5.91 Å². The molecule has 0 aliphatic heterocycles. The molecule has 7 nitrogen and oxygen atoms in total. The molecule has 2 aromatic rings. The van der Waals surface area contributed by atoms with Gasteiger partial charge in [0.15, 0.2) is 6.61 Å². The van der Waals surface area contributed by atoms with Gasteiger partial charge in [0.1, 0.15) is 0 Å². The van der Waals surface area contributed by atoms with Gasteiger partial charge in [0.05, 0.1) is 11.3 Å². The lowest BCUT2D eigenvalue weighted by atomic mass is 10.2. The summed E-state index contributed by atoms with van der Waals surface area (Å²) in [5, 5.41) is 8.31. The van der Waals surface area contributed by atoms with E-state index in [0.717, 1.165) is 0 Å². The third kappa shape index (κ3) is 6.63. The first-order valence-corrected chi connectivity index (χ1v) is 8.62. The van der Waals surface area contributed by atoms with E-state index in [1.807, 2.05) is 13.8 Å². The number of carbonyl (C=O) groups is 3. The van der Waals surface area contributed by atoms with E-state index in [0.29, 0.717) is 10.7 Å². The van der Waals surface area contributed by atoms with Crippen LogP contribution in [0.1, 0.15) is 24.2 Å². The lowest BCUT2D eigenvalue weighted by molar-refractivity contribution is -0.119. The van der Waals surface area contributed by atoms with Crippen molar-refractivity contribution in [1.82, 2.24) is 5.32 Å². The van der Waals surface area contributed by atoms with E-state index in [1.165, 1.54) is 6.07 Å². The van der Waals surface area contributed by atoms with E-state index in [4.69, 9.17) is 16.3 Å². The summed E-state index contributed by atoms with van der Waals surface area (Å²) in [6.45, 7) is 3.16. The second kappa shape index (κ2) is 9.59. The molecule has 0 saturated heterocycles. The molecule has 0 saturated carbocycles. The number of halogens is 1. The lowest BCUT2D eigenvalue weighted by Gasteiger charge is -2.13. The third-order valence-corrected chi connectivity index (χ3v) is 3.49. The number of para-hydroxylation sites is 1. The van der Waals surface area contributed by atoms with Crippen molar-refractivity contribution in [3.63, 3.8) is 0 Å². The van der Waals surface area contributed by atoms with Crippen molar-refractivity contribution in [2.24, 2.45) is 0 Å². The summed E-state index contributed by atoms with van der Waals surface area (Å²) in [5.41, 5.74) is 0.929. The Hall–Kier alpha value is -3.06. The molecule has 142 valence electrons. The van der Waals surface area contributed by atoms with Crippen LogP contribution in [0.25, 0.3) is 0 Å². The van der Waals surface area contributed by atoms with Crippen molar-refractivity contribution in [3.8, 4) is 0 Å². The van der Waals surface area contributed by atoms with Crippen LogP contribution in [0, 0.1) is 0 Å². The maximum atomic E-state index is 12.3. The summed E-state index contributed by atoms with van der Waals surface area (Å²) in [6.07, 6.45) is 0. The Morgan fingerprint density at radius 2 is 1.78 bits per heavy atom. The summed E-state index contributed by atoms with van der Waals surface area (Å²) in [6, 6.07) is 12.5. The molecule has 0 bridgehead atoms. The molecule has 3 N–H and O–H groups in total. The molecule has 0 aromatic heterocycles. The molecule has 0 radical (unpaired) electrons.